The molecule has 3 aliphatic rings. The van der Waals surface area contributed by atoms with Crippen molar-refractivity contribution in [2.24, 2.45) is 0 Å². The molecule has 1 aromatic rings. The number of esters is 5. The van der Waals surface area contributed by atoms with Crippen LogP contribution in [0.5, 0.6) is 0 Å². The zero-order chi connectivity index (χ0) is 44.6. The molecule has 3 aliphatic heterocycles. The molecule has 3 heterocycles. The van der Waals surface area contributed by atoms with Crippen molar-refractivity contribution in [2.45, 2.75) is 173 Å². The topological polar surface area (TPSA) is 226 Å². The van der Waals surface area contributed by atoms with Gasteiger partial charge in [0.15, 0.2) is 42.8 Å². The number of benzene rings is 1. The lowest BCUT2D eigenvalue weighted by Crippen LogP contribution is -2.65. The van der Waals surface area contributed by atoms with Gasteiger partial charge in [0.05, 0.1) is 18.6 Å². The number of carbonyl (C=O) groups is 6. The molecular weight excluding hydrogens is 800 g/mol. The van der Waals surface area contributed by atoms with Crippen LogP contribution >= 0.6 is 0 Å². The zero-order valence-electron chi connectivity index (χ0n) is 35.6. The molecule has 4 rings (SSSR count). The Kier molecular flexibility index (Phi) is 19.5. The minimum absolute atomic E-state index is 0.141. The van der Waals surface area contributed by atoms with Gasteiger partial charge in [-0.15, -0.1) is 0 Å². The quantitative estimate of drug-likeness (QED) is 0.203. The van der Waals surface area contributed by atoms with Gasteiger partial charge in [-0.1, -0.05) is 62.6 Å². The Morgan fingerprint density at radius 1 is 0.787 bits per heavy atom. The normalized spacial score (nSPS) is 32.4. The Hall–Kier alpha value is -4.52. The van der Waals surface area contributed by atoms with Crippen LogP contribution in [-0.2, 0) is 71.4 Å². The number of aliphatic hydroxyl groups excluding tert-OH is 2. The van der Waals surface area contributed by atoms with E-state index in [0.717, 1.165) is 6.08 Å². The van der Waals surface area contributed by atoms with Crippen LogP contribution in [0.1, 0.15) is 105 Å². The molecule has 17 heteroatoms. The Morgan fingerprint density at radius 2 is 1.49 bits per heavy atom. The third kappa shape index (κ3) is 14.8. The van der Waals surface area contributed by atoms with Gasteiger partial charge in [-0.2, -0.15) is 0 Å². The highest BCUT2D eigenvalue weighted by atomic mass is 16.8. The minimum Gasteiger partial charge on any atom is -0.463 e. The molecule has 3 unspecified atom stereocenters. The molecule has 2 N–H and O–H groups in total. The molecule has 0 spiro atoms. The summed E-state index contributed by atoms with van der Waals surface area (Å²) in [5, 5.41) is 23.7. The summed E-state index contributed by atoms with van der Waals surface area (Å²) < 4.78 is 53.0. The molecule has 61 heavy (non-hydrogen) atoms. The molecule has 0 amide bonds. The summed E-state index contributed by atoms with van der Waals surface area (Å²) in [7, 11) is 0. The molecule has 338 valence electrons. The van der Waals surface area contributed by atoms with Gasteiger partial charge in [0.1, 0.15) is 31.0 Å². The molecule has 2 bridgehead atoms. The monoisotopic (exact) mass is 860 g/mol. The SMILES string of the molecule is C/C=C(\C)C(=O)O[C@@H]1C(O)[C@@H]2O[C@@H]3[C@H](OC(CCC)CCCCCC(OC(C)=O)C(=O)CCC(=O)OC[C@@H](O2)[C@H]1OC(=O)/C=C/c1ccccc1)O[C@H](C)[C@H](OC(C)=O)[C@@H]3O. The van der Waals surface area contributed by atoms with Crippen LogP contribution in [0.2, 0.25) is 0 Å². The number of rotatable bonds is 9. The second kappa shape index (κ2) is 24.2. The molecule has 3 fully saturated rings. The van der Waals surface area contributed by atoms with E-state index in [0.29, 0.717) is 44.1 Å². The Labute approximate surface area is 355 Å². The number of hydrogen-bond donors (Lipinski definition) is 2. The number of allylic oxidation sites excluding steroid dienone is 1. The van der Waals surface area contributed by atoms with E-state index in [-0.39, 0.29) is 18.4 Å². The summed E-state index contributed by atoms with van der Waals surface area (Å²) >= 11 is 0. The van der Waals surface area contributed by atoms with Gasteiger partial charge < -0.3 is 52.8 Å². The maximum absolute atomic E-state index is 13.4. The summed E-state index contributed by atoms with van der Waals surface area (Å²) in [5.41, 5.74) is 0.803. The molecule has 0 saturated carbocycles. The maximum Gasteiger partial charge on any atom is 0.333 e. The van der Waals surface area contributed by atoms with Gasteiger partial charge in [0.25, 0.3) is 0 Å². The standard InChI is InChI=1S/C44H60O17/c1-7-15-30-18-13-10-14-19-32(55-27(5)45)31(47)21-23-34(48)53-24-33-39(59-35(49)22-20-29-16-11-9-12-17-29)40(60-42(52)25(3)8-2)37(51)43(58-33)61-41-36(50)38(56-28(6)46)26(4)54-44(41)57-30/h8-9,11-12,16-17,20,22,26,30,32-33,36-41,43-44,50-51H,7,10,13-15,18-19,21,23-24H2,1-6H3/b22-20+,25-8+/t26-,30?,32?,33-,36+,37?,38+,39-,40-,41+,43+,44+/m1/s1. The highest BCUT2D eigenvalue weighted by molar-refractivity contribution is 5.89. The first-order valence-electron chi connectivity index (χ1n) is 20.9. The molecule has 3 saturated heterocycles. The first kappa shape index (κ1) is 49.1. The van der Waals surface area contributed by atoms with E-state index in [4.69, 9.17) is 42.6 Å². The predicted molar refractivity (Wildman–Crippen MR) is 214 cm³/mol. The van der Waals surface area contributed by atoms with Crippen LogP contribution in [-0.4, -0.2) is 126 Å². The number of aliphatic hydroxyl groups is 2. The second-order valence-electron chi connectivity index (χ2n) is 15.3. The van der Waals surface area contributed by atoms with E-state index < -0.39 is 122 Å². The zero-order valence-corrected chi connectivity index (χ0v) is 35.6. The summed E-state index contributed by atoms with van der Waals surface area (Å²) in [6.07, 6.45) is -9.46. The Bertz CT molecular complexity index is 1690. The van der Waals surface area contributed by atoms with Crippen molar-refractivity contribution in [3.63, 3.8) is 0 Å². The van der Waals surface area contributed by atoms with Crippen LogP contribution in [0, 0.1) is 0 Å². The van der Waals surface area contributed by atoms with Crippen LogP contribution in [0.4, 0.5) is 0 Å². The van der Waals surface area contributed by atoms with E-state index in [1.54, 1.807) is 44.2 Å². The lowest BCUT2D eigenvalue weighted by molar-refractivity contribution is -0.369. The summed E-state index contributed by atoms with van der Waals surface area (Å²) in [4.78, 5) is 77.1. The van der Waals surface area contributed by atoms with E-state index in [1.807, 2.05) is 6.92 Å². The van der Waals surface area contributed by atoms with Crippen molar-refractivity contribution in [1.29, 1.82) is 0 Å². The lowest BCUT2D eigenvalue weighted by Gasteiger charge is -2.47. The number of ether oxygens (including phenoxy) is 9. The van der Waals surface area contributed by atoms with Crippen LogP contribution < -0.4 is 0 Å². The average Bonchev–Trinajstić information content (AvgIpc) is 3.22. The van der Waals surface area contributed by atoms with Gasteiger partial charge in [-0.25, -0.2) is 9.59 Å². The first-order chi connectivity index (χ1) is 29.1. The van der Waals surface area contributed by atoms with Crippen molar-refractivity contribution < 1.29 is 81.6 Å². The highest BCUT2D eigenvalue weighted by Crippen LogP contribution is 2.34. The summed E-state index contributed by atoms with van der Waals surface area (Å²) in [6.45, 7) is 8.31. The number of hydrogen-bond acceptors (Lipinski definition) is 17. The van der Waals surface area contributed by atoms with Crippen molar-refractivity contribution >= 4 is 41.7 Å². The Balaban J connectivity index is 1.77. The number of cyclic esters (lactones) is 1. The third-order valence-electron chi connectivity index (χ3n) is 10.5. The summed E-state index contributed by atoms with van der Waals surface area (Å²) in [5.74, 6) is -4.51. The maximum atomic E-state index is 13.4. The van der Waals surface area contributed by atoms with Crippen LogP contribution in [0.3, 0.4) is 0 Å². The number of Topliss-reactive ketones (excluding diaryl/α,β-unsaturated/α-hetero) is 1. The fourth-order valence-corrected chi connectivity index (χ4v) is 7.20. The van der Waals surface area contributed by atoms with Crippen molar-refractivity contribution in [1.82, 2.24) is 0 Å². The van der Waals surface area contributed by atoms with Gasteiger partial charge in [-0.3, -0.25) is 19.2 Å². The van der Waals surface area contributed by atoms with Crippen LogP contribution in [0.25, 0.3) is 6.08 Å². The molecule has 1 aromatic carbocycles. The lowest BCUT2D eigenvalue weighted by atomic mass is 9.96. The fourth-order valence-electron chi connectivity index (χ4n) is 7.20. The molecular formula is C44H60O17. The average molecular weight is 861 g/mol. The van der Waals surface area contributed by atoms with Crippen LogP contribution in [0.15, 0.2) is 48.1 Å². The van der Waals surface area contributed by atoms with Gasteiger partial charge in [-0.05, 0) is 58.1 Å². The first-order valence-corrected chi connectivity index (χ1v) is 20.9. The smallest absolute Gasteiger partial charge is 0.333 e. The van der Waals surface area contributed by atoms with Gasteiger partial charge in [0.2, 0.25) is 0 Å². The van der Waals surface area contributed by atoms with Crippen molar-refractivity contribution in [3.05, 3.63) is 53.6 Å². The predicted octanol–water partition coefficient (Wildman–Crippen LogP) is 3.97. The van der Waals surface area contributed by atoms with E-state index >= 15 is 0 Å². The highest BCUT2D eigenvalue weighted by Gasteiger charge is 2.55. The molecule has 12 atom stereocenters. The van der Waals surface area contributed by atoms with Crippen molar-refractivity contribution in [3.8, 4) is 0 Å². The minimum atomic E-state index is -1.92. The second-order valence-corrected chi connectivity index (χ2v) is 15.3. The van der Waals surface area contributed by atoms with E-state index in [1.165, 1.54) is 32.9 Å². The largest absolute Gasteiger partial charge is 0.463 e. The fraction of sp³-hybridized carbons (Fsp3) is 0.636. The van der Waals surface area contributed by atoms with Gasteiger partial charge >= 0.3 is 29.8 Å². The molecule has 0 aliphatic carbocycles. The molecule has 17 nitrogen and oxygen atoms in total. The van der Waals surface area contributed by atoms with Crippen molar-refractivity contribution in [2.75, 3.05) is 6.61 Å². The number of fused-ring (bicyclic) bond motifs is 3. The number of carbonyl (C=O) groups excluding carboxylic acids is 6. The molecule has 0 radical (unpaired) electrons. The van der Waals surface area contributed by atoms with E-state index in [2.05, 4.69) is 0 Å². The molecule has 0 aromatic heterocycles. The number of ketones is 1. The van der Waals surface area contributed by atoms with E-state index in [9.17, 15) is 39.0 Å². The van der Waals surface area contributed by atoms with Gasteiger partial charge in [0, 0.05) is 31.9 Å². The Morgan fingerprint density at radius 3 is 2.16 bits per heavy atom. The summed E-state index contributed by atoms with van der Waals surface area (Å²) in [6, 6.07) is 8.82. The third-order valence-corrected chi connectivity index (χ3v) is 10.5.